The summed E-state index contributed by atoms with van der Waals surface area (Å²) in [5.74, 6) is -0.164. The zero-order valence-corrected chi connectivity index (χ0v) is 11.5. The van der Waals surface area contributed by atoms with Gasteiger partial charge in [0, 0.05) is 11.9 Å². The third-order valence-corrected chi connectivity index (χ3v) is 3.32. The molecule has 1 aromatic carbocycles. The molecule has 106 valence electrons. The van der Waals surface area contributed by atoms with Crippen molar-refractivity contribution < 1.29 is 4.79 Å². The van der Waals surface area contributed by atoms with E-state index in [0.29, 0.717) is 12.1 Å². The van der Waals surface area contributed by atoms with Crippen LogP contribution in [-0.4, -0.2) is 22.1 Å². The van der Waals surface area contributed by atoms with Gasteiger partial charge in [-0.2, -0.15) is 5.10 Å². The second-order valence-electron chi connectivity index (χ2n) is 4.78. The summed E-state index contributed by atoms with van der Waals surface area (Å²) in [6.45, 7) is 0.619. The minimum atomic E-state index is -0.164. The number of benzene rings is 1. The lowest BCUT2D eigenvalue weighted by atomic mass is 10.1. The van der Waals surface area contributed by atoms with Gasteiger partial charge in [-0.1, -0.05) is 18.2 Å². The highest BCUT2D eigenvalue weighted by atomic mass is 16.1. The number of fused-ring (bicyclic) bond motifs is 1. The van der Waals surface area contributed by atoms with Gasteiger partial charge in [0.25, 0.3) is 5.91 Å². The highest BCUT2D eigenvalue weighted by molar-refractivity contribution is 6.08. The number of hydrogen-bond acceptors (Lipinski definition) is 3. The molecule has 0 aliphatic heterocycles. The van der Waals surface area contributed by atoms with E-state index in [2.05, 4.69) is 10.4 Å². The summed E-state index contributed by atoms with van der Waals surface area (Å²) in [6, 6.07) is 13.3. The van der Waals surface area contributed by atoms with Crippen LogP contribution in [0.2, 0.25) is 0 Å². The number of nitrogens with one attached hydrogen (secondary N) is 1. The van der Waals surface area contributed by atoms with E-state index in [4.69, 9.17) is 5.73 Å². The number of anilines is 1. The summed E-state index contributed by atoms with van der Waals surface area (Å²) in [4.78, 5) is 12.3. The lowest BCUT2D eigenvalue weighted by molar-refractivity contribution is 0.102. The molecular formula is C16H16N4O. The van der Waals surface area contributed by atoms with Crippen LogP contribution < -0.4 is 11.1 Å². The summed E-state index contributed by atoms with van der Waals surface area (Å²) < 4.78 is 1.68. The monoisotopic (exact) mass is 280 g/mol. The minimum absolute atomic E-state index is 0.164. The largest absolute Gasteiger partial charge is 0.330 e. The van der Waals surface area contributed by atoms with E-state index >= 15 is 0 Å². The van der Waals surface area contributed by atoms with E-state index in [1.807, 2.05) is 48.7 Å². The van der Waals surface area contributed by atoms with E-state index in [1.165, 1.54) is 0 Å². The van der Waals surface area contributed by atoms with Gasteiger partial charge in [0.15, 0.2) is 0 Å². The van der Waals surface area contributed by atoms with Crippen molar-refractivity contribution in [2.45, 2.75) is 6.42 Å². The van der Waals surface area contributed by atoms with Gasteiger partial charge in [-0.3, -0.25) is 4.79 Å². The Morgan fingerprint density at radius 1 is 1.19 bits per heavy atom. The van der Waals surface area contributed by atoms with Gasteiger partial charge in [-0.05, 0) is 42.8 Å². The van der Waals surface area contributed by atoms with Crippen LogP contribution >= 0.6 is 0 Å². The number of aromatic nitrogens is 2. The maximum absolute atomic E-state index is 12.3. The van der Waals surface area contributed by atoms with Crippen LogP contribution in [0.25, 0.3) is 5.52 Å². The Bertz CT molecular complexity index is 761. The highest BCUT2D eigenvalue weighted by Crippen LogP contribution is 2.14. The zero-order valence-electron chi connectivity index (χ0n) is 11.5. The number of amides is 1. The van der Waals surface area contributed by atoms with Gasteiger partial charge in [0.2, 0.25) is 0 Å². The van der Waals surface area contributed by atoms with Crippen LogP contribution in [-0.2, 0) is 6.42 Å². The highest BCUT2D eigenvalue weighted by Gasteiger charge is 2.12. The van der Waals surface area contributed by atoms with E-state index in [9.17, 15) is 4.79 Å². The third kappa shape index (κ3) is 2.78. The maximum atomic E-state index is 12.3. The second kappa shape index (κ2) is 5.76. The molecule has 0 radical (unpaired) electrons. The Hall–Kier alpha value is -2.66. The molecule has 0 aliphatic rings. The zero-order chi connectivity index (χ0) is 14.7. The van der Waals surface area contributed by atoms with Crippen molar-refractivity contribution in [2.24, 2.45) is 5.73 Å². The Morgan fingerprint density at radius 3 is 2.76 bits per heavy atom. The van der Waals surface area contributed by atoms with E-state index < -0.39 is 0 Å². The summed E-state index contributed by atoms with van der Waals surface area (Å²) >= 11 is 0. The number of carbonyl (C=O) groups is 1. The van der Waals surface area contributed by atoms with Gasteiger partial charge < -0.3 is 11.1 Å². The first-order chi connectivity index (χ1) is 10.3. The molecule has 0 bridgehead atoms. The Morgan fingerprint density at radius 2 is 2.00 bits per heavy atom. The van der Waals surface area contributed by atoms with Crippen molar-refractivity contribution in [3.63, 3.8) is 0 Å². The van der Waals surface area contributed by atoms with Crippen molar-refractivity contribution in [3.8, 4) is 0 Å². The van der Waals surface area contributed by atoms with Gasteiger partial charge in [0.1, 0.15) is 0 Å². The predicted molar refractivity (Wildman–Crippen MR) is 82.3 cm³/mol. The topological polar surface area (TPSA) is 72.4 Å². The minimum Gasteiger partial charge on any atom is -0.330 e. The molecule has 0 saturated heterocycles. The average Bonchev–Trinajstić information content (AvgIpc) is 2.93. The summed E-state index contributed by atoms with van der Waals surface area (Å²) in [6.07, 6.45) is 4.23. The van der Waals surface area contributed by atoms with Crippen molar-refractivity contribution in [3.05, 3.63) is 66.0 Å². The third-order valence-electron chi connectivity index (χ3n) is 3.32. The molecule has 0 unspecified atom stereocenters. The van der Waals surface area contributed by atoms with Gasteiger partial charge in [-0.15, -0.1) is 0 Å². The van der Waals surface area contributed by atoms with Crippen LogP contribution in [0.3, 0.4) is 0 Å². The molecule has 0 fully saturated rings. The molecule has 2 heterocycles. The molecule has 3 N–H and O–H groups in total. The van der Waals surface area contributed by atoms with Crippen LogP contribution in [0.15, 0.2) is 54.9 Å². The quantitative estimate of drug-likeness (QED) is 0.768. The van der Waals surface area contributed by atoms with Crippen molar-refractivity contribution in [1.82, 2.24) is 9.61 Å². The van der Waals surface area contributed by atoms with E-state index in [-0.39, 0.29) is 5.91 Å². The first-order valence-corrected chi connectivity index (χ1v) is 6.80. The van der Waals surface area contributed by atoms with Crippen LogP contribution in [0.1, 0.15) is 15.9 Å². The predicted octanol–water partition coefficient (Wildman–Crippen LogP) is 2.09. The first kappa shape index (κ1) is 13.3. The molecule has 1 amide bonds. The number of pyridine rings is 1. The number of carbonyl (C=O) groups excluding carboxylic acids is 1. The van der Waals surface area contributed by atoms with Crippen molar-refractivity contribution in [1.29, 1.82) is 0 Å². The maximum Gasteiger partial charge on any atom is 0.259 e. The van der Waals surface area contributed by atoms with Crippen LogP contribution in [0.5, 0.6) is 0 Å². The molecule has 0 saturated carbocycles. The number of hydrogen-bond donors (Lipinski definition) is 2. The van der Waals surface area contributed by atoms with Gasteiger partial charge in [0.05, 0.1) is 17.3 Å². The van der Waals surface area contributed by atoms with E-state index in [0.717, 1.165) is 23.2 Å². The fourth-order valence-electron chi connectivity index (χ4n) is 2.23. The number of rotatable bonds is 4. The normalized spacial score (nSPS) is 10.7. The number of nitrogens with two attached hydrogens (primary N) is 1. The average molecular weight is 280 g/mol. The van der Waals surface area contributed by atoms with Gasteiger partial charge in [-0.25, -0.2) is 4.52 Å². The fraction of sp³-hybridized carbons (Fsp3) is 0.125. The second-order valence-corrected chi connectivity index (χ2v) is 4.78. The lowest BCUT2D eigenvalue weighted by Gasteiger charge is -2.05. The first-order valence-electron chi connectivity index (χ1n) is 6.80. The molecule has 5 heteroatoms. The Kier molecular flexibility index (Phi) is 3.66. The molecule has 5 nitrogen and oxygen atoms in total. The molecule has 21 heavy (non-hydrogen) atoms. The van der Waals surface area contributed by atoms with E-state index in [1.54, 1.807) is 10.7 Å². The van der Waals surface area contributed by atoms with Gasteiger partial charge >= 0.3 is 0 Å². The lowest BCUT2D eigenvalue weighted by Crippen LogP contribution is -2.11. The summed E-state index contributed by atoms with van der Waals surface area (Å²) in [7, 11) is 0. The summed E-state index contributed by atoms with van der Waals surface area (Å²) in [5, 5.41) is 7.04. The molecule has 3 aromatic rings. The number of nitrogens with zero attached hydrogens (tertiary/aromatic N) is 2. The van der Waals surface area contributed by atoms with Crippen LogP contribution in [0.4, 0.5) is 5.69 Å². The van der Waals surface area contributed by atoms with Crippen molar-refractivity contribution in [2.75, 3.05) is 11.9 Å². The summed E-state index contributed by atoms with van der Waals surface area (Å²) in [5.41, 5.74) is 8.78. The molecule has 3 rings (SSSR count). The Labute approximate surface area is 122 Å². The SMILES string of the molecule is NCCc1ccc(NC(=O)c2cnn3ccccc23)cc1. The molecular weight excluding hydrogens is 264 g/mol. The van der Waals surface area contributed by atoms with Crippen LogP contribution in [0, 0.1) is 0 Å². The fourth-order valence-corrected chi connectivity index (χ4v) is 2.23. The molecule has 0 spiro atoms. The smallest absolute Gasteiger partial charge is 0.259 e. The molecule has 2 aromatic heterocycles. The Balaban J connectivity index is 1.79. The van der Waals surface area contributed by atoms with Crippen molar-refractivity contribution >= 4 is 17.1 Å². The molecule has 0 aliphatic carbocycles. The molecule has 0 atom stereocenters. The standard InChI is InChI=1S/C16H16N4O/c17-9-8-12-4-6-13(7-5-12)19-16(21)14-11-18-20-10-2-1-3-15(14)20/h1-7,10-11H,8-9,17H2,(H,19,21).